The molecule has 0 saturated carbocycles. The monoisotopic (exact) mass is 877 g/mol. The van der Waals surface area contributed by atoms with E-state index >= 15 is 0 Å². The molecule has 0 amide bonds. The Morgan fingerprint density at radius 1 is 0.290 bits per heavy atom. The third-order valence-electron chi connectivity index (χ3n) is 15.7. The zero-order chi connectivity index (χ0) is 45.8. The average Bonchev–Trinajstić information content (AvgIpc) is 3.98. The fraction of sp³-hybridized carbons (Fsp3) is 0.0588. The van der Waals surface area contributed by atoms with Crippen molar-refractivity contribution in [3.8, 4) is 66.8 Å². The van der Waals surface area contributed by atoms with Crippen LogP contribution in [0.2, 0.25) is 0 Å². The van der Waals surface area contributed by atoms with E-state index in [1.807, 2.05) is 0 Å². The summed E-state index contributed by atoms with van der Waals surface area (Å²) in [6.45, 7) is 4.76. The Labute approximate surface area is 404 Å². The van der Waals surface area contributed by atoms with E-state index in [2.05, 4.69) is 267 Å². The maximum absolute atomic E-state index is 2.54. The van der Waals surface area contributed by atoms with Crippen LogP contribution in [0.1, 0.15) is 47.2 Å². The van der Waals surface area contributed by atoms with Gasteiger partial charge in [0.15, 0.2) is 0 Å². The minimum Gasteiger partial charge on any atom is -0.310 e. The van der Waals surface area contributed by atoms with Crippen LogP contribution in [0.15, 0.2) is 249 Å². The van der Waals surface area contributed by atoms with E-state index in [4.69, 9.17) is 0 Å². The van der Waals surface area contributed by atoms with Crippen LogP contribution in [0.4, 0.5) is 17.1 Å². The van der Waals surface area contributed by atoms with Crippen LogP contribution in [0.5, 0.6) is 0 Å². The zero-order valence-electron chi connectivity index (χ0n) is 38.6. The van der Waals surface area contributed by atoms with E-state index in [0.717, 1.165) is 11.4 Å². The normalized spacial score (nSPS) is 13.9. The fourth-order valence-corrected chi connectivity index (χ4v) is 12.6. The average molecular weight is 878 g/mol. The number of nitrogens with zero attached hydrogens (tertiary/aromatic N) is 1. The number of benzene rings is 11. The van der Waals surface area contributed by atoms with Crippen LogP contribution in [0.25, 0.3) is 77.5 Å². The summed E-state index contributed by atoms with van der Waals surface area (Å²) in [5.41, 5.74) is 26.0. The highest BCUT2D eigenvalue weighted by Gasteiger charge is 2.52. The third-order valence-corrected chi connectivity index (χ3v) is 15.7. The van der Waals surface area contributed by atoms with E-state index in [1.54, 1.807) is 0 Å². The number of fused-ring (bicyclic) bond motifs is 14. The number of hydrogen-bond donors (Lipinski definition) is 0. The molecule has 11 aromatic carbocycles. The van der Waals surface area contributed by atoms with Gasteiger partial charge < -0.3 is 4.90 Å². The highest BCUT2D eigenvalue weighted by molar-refractivity contribution is 6.05. The molecule has 0 radical (unpaired) electrons. The quantitative estimate of drug-likeness (QED) is 0.161. The van der Waals surface area contributed by atoms with Crippen molar-refractivity contribution in [2.24, 2.45) is 0 Å². The van der Waals surface area contributed by atoms with Gasteiger partial charge in [0.25, 0.3) is 0 Å². The SMILES string of the molecule is CC1(C)c2ccccc2-c2ccc(N(c3ccc(-c4ccc5ccccc5c4-c4ccc(-c5ccccc5)cc4)cc3)c3cccc4c3-c3ccccc3C43c4ccccc4-c4ccccc43)cc21. The van der Waals surface area contributed by atoms with Crippen LogP contribution in [-0.2, 0) is 10.8 Å². The molecule has 1 spiro atoms. The van der Waals surface area contributed by atoms with Crippen molar-refractivity contribution in [2.75, 3.05) is 4.90 Å². The Kier molecular flexibility index (Phi) is 8.61. The van der Waals surface area contributed by atoms with Gasteiger partial charge in [0.05, 0.1) is 11.1 Å². The smallest absolute Gasteiger partial charge is 0.0726 e. The van der Waals surface area contributed by atoms with Gasteiger partial charge in [-0.25, -0.2) is 0 Å². The molecule has 0 atom stereocenters. The van der Waals surface area contributed by atoms with Crippen LogP contribution in [0.3, 0.4) is 0 Å². The van der Waals surface area contributed by atoms with Crippen molar-refractivity contribution < 1.29 is 0 Å². The van der Waals surface area contributed by atoms with Crippen LogP contribution in [0, 0.1) is 0 Å². The van der Waals surface area contributed by atoms with E-state index in [9.17, 15) is 0 Å². The molecule has 0 aromatic heterocycles. The molecule has 3 aliphatic rings. The summed E-state index contributed by atoms with van der Waals surface area (Å²) in [5.74, 6) is 0. The molecule has 0 saturated heterocycles. The minimum absolute atomic E-state index is 0.157. The summed E-state index contributed by atoms with van der Waals surface area (Å²) < 4.78 is 0. The maximum Gasteiger partial charge on any atom is 0.0726 e. The maximum atomic E-state index is 2.54. The summed E-state index contributed by atoms with van der Waals surface area (Å²) >= 11 is 0. The summed E-state index contributed by atoms with van der Waals surface area (Å²) in [5, 5.41) is 2.48. The molecule has 0 unspecified atom stereocenters. The lowest BCUT2D eigenvalue weighted by Gasteiger charge is -2.32. The topological polar surface area (TPSA) is 3.24 Å². The second-order valence-electron chi connectivity index (χ2n) is 19.5. The van der Waals surface area contributed by atoms with Gasteiger partial charge in [0.1, 0.15) is 0 Å². The molecule has 11 aromatic rings. The van der Waals surface area contributed by atoms with Crippen molar-refractivity contribution in [1.82, 2.24) is 0 Å². The standard InChI is InChI=1S/C68H47N/c1-67(2)58-25-12-8-21-53(58)56-42-40-50(43-63(56)67)69(64-30-16-29-62-66(64)57-24-11-15-28-61(57)68(62)59-26-13-9-22-54(59)55-23-10-14-27-60(55)68)49-38-35-47(36-39-49)52-41-37-46-19-6-7-20-51(46)65(52)48-33-31-45(32-34-48)44-17-4-3-5-18-44/h3-43H,1-2H3. The first kappa shape index (κ1) is 39.6. The minimum atomic E-state index is -0.446. The summed E-state index contributed by atoms with van der Waals surface area (Å²) in [4.78, 5) is 2.54. The molecule has 0 bridgehead atoms. The molecule has 0 fully saturated rings. The molecule has 0 aliphatic heterocycles. The first-order chi connectivity index (χ1) is 34.0. The summed E-state index contributed by atoms with van der Waals surface area (Å²) in [6.07, 6.45) is 0. The molecule has 0 N–H and O–H groups in total. The molecule has 14 rings (SSSR count). The van der Waals surface area contributed by atoms with Crippen LogP contribution < -0.4 is 4.90 Å². The van der Waals surface area contributed by atoms with Crippen molar-refractivity contribution in [1.29, 1.82) is 0 Å². The van der Waals surface area contributed by atoms with Crippen LogP contribution >= 0.6 is 0 Å². The second-order valence-corrected chi connectivity index (χ2v) is 19.5. The largest absolute Gasteiger partial charge is 0.310 e. The molecule has 324 valence electrons. The van der Waals surface area contributed by atoms with Crippen molar-refractivity contribution in [2.45, 2.75) is 24.7 Å². The van der Waals surface area contributed by atoms with Gasteiger partial charge in [-0.1, -0.05) is 232 Å². The molecule has 69 heavy (non-hydrogen) atoms. The van der Waals surface area contributed by atoms with Gasteiger partial charge >= 0.3 is 0 Å². The predicted octanol–water partition coefficient (Wildman–Crippen LogP) is 18.0. The second kappa shape index (κ2) is 15.0. The van der Waals surface area contributed by atoms with Crippen molar-refractivity contribution in [3.05, 3.63) is 282 Å². The Bertz CT molecular complexity index is 3810. The first-order valence-corrected chi connectivity index (χ1v) is 24.3. The highest BCUT2D eigenvalue weighted by atomic mass is 15.1. The Hall–Kier alpha value is -8.52. The lowest BCUT2D eigenvalue weighted by Crippen LogP contribution is -2.26. The lowest BCUT2D eigenvalue weighted by molar-refractivity contribution is 0.660. The predicted molar refractivity (Wildman–Crippen MR) is 289 cm³/mol. The van der Waals surface area contributed by atoms with E-state index in [1.165, 1.54) is 117 Å². The zero-order valence-corrected chi connectivity index (χ0v) is 38.6. The van der Waals surface area contributed by atoms with E-state index in [0.29, 0.717) is 0 Å². The Morgan fingerprint density at radius 3 is 1.49 bits per heavy atom. The van der Waals surface area contributed by atoms with Crippen molar-refractivity contribution >= 4 is 27.8 Å². The fourth-order valence-electron chi connectivity index (χ4n) is 12.6. The molecule has 0 heterocycles. The molecular weight excluding hydrogens is 831 g/mol. The van der Waals surface area contributed by atoms with Crippen molar-refractivity contribution in [3.63, 3.8) is 0 Å². The highest BCUT2D eigenvalue weighted by Crippen LogP contribution is 2.65. The van der Waals surface area contributed by atoms with Gasteiger partial charge in [-0.15, -0.1) is 0 Å². The molecule has 1 nitrogen and oxygen atoms in total. The molecule has 1 heteroatoms. The van der Waals surface area contributed by atoms with Gasteiger partial charge in [0.2, 0.25) is 0 Å². The van der Waals surface area contributed by atoms with Gasteiger partial charge in [-0.2, -0.15) is 0 Å². The van der Waals surface area contributed by atoms with E-state index < -0.39 is 5.41 Å². The van der Waals surface area contributed by atoms with Gasteiger partial charge in [-0.05, 0) is 136 Å². The number of anilines is 3. The Balaban J connectivity index is 0.973. The Morgan fingerprint density at radius 2 is 0.783 bits per heavy atom. The summed E-state index contributed by atoms with van der Waals surface area (Å²) in [6, 6.07) is 93.0. The van der Waals surface area contributed by atoms with Gasteiger partial charge in [0, 0.05) is 22.4 Å². The molecular formula is C68H47N. The van der Waals surface area contributed by atoms with Crippen LogP contribution in [-0.4, -0.2) is 0 Å². The number of rotatable bonds is 6. The van der Waals surface area contributed by atoms with E-state index in [-0.39, 0.29) is 5.41 Å². The number of hydrogen-bond acceptors (Lipinski definition) is 1. The summed E-state index contributed by atoms with van der Waals surface area (Å²) in [7, 11) is 0. The van der Waals surface area contributed by atoms with Gasteiger partial charge in [-0.3, -0.25) is 0 Å². The molecule has 3 aliphatic carbocycles. The lowest BCUT2D eigenvalue weighted by atomic mass is 9.70. The first-order valence-electron chi connectivity index (χ1n) is 24.3. The third kappa shape index (κ3) is 5.65.